The Labute approximate surface area is 123 Å². The zero-order chi connectivity index (χ0) is 15.4. The van der Waals surface area contributed by atoms with Crippen molar-refractivity contribution in [3.8, 4) is 0 Å². The summed E-state index contributed by atoms with van der Waals surface area (Å²) in [6.07, 6.45) is 1.49. The van der Waals surface area contributed by atoms with Gasteiger partial charge in [0.05, 0.1) is 6.26 Å². The van der Waals surface area contributed by atoms with Crippen LogP contribution in [0.25, 0.3) is 0 Å². The summed E-state index contributed by atoms with van der Waals surface area (Å²) in [4.78, 5) is 25.2. The molecule has 0 fully saturated rings. The number of hydrogen-bond acceptors (Lipinski definition) is 3. The Balaban J connectivity index is 1.97. The number of nitrogens with zero attached hydrogens (tertiary/aromatic N) is 1. The molecule has 0 atom stereocenters. The second kappa shape index (κ2) is 6.26. The minimum Gasteiger partial charge on any atom is -0.459 e. The van der Waals surface area contributed by atoms with Crippen LogP contribution in [0.3, 0.4) is 0 Å². The molecule has 5 nitrogen and oxygen atoms in total. The van der Waals surface area contributed by atoms with Gasteiger partial charge in [0.1, 0.15) is 0 Å². The van der Waals surface area contributed by atoms with Gasteiger partial charge in [-0.3, -0.25) is 9.59 Å². The van der Waals surface area contributed by atoms with Gasteiger partial charge in [0.15, 0.2) is 5.76 Å². The molecule has 0 unspecified atom stereocenters. The molecule has 1 N–H and O–H groups in total. The normalized spacial score (nSPS) is 10.2. The molecule has 2 aromatic rings. The maximum Gasteiger partial charge on any atom is 0.287 e. The lowest BCUT2D eigenvalue weighted by Crippen LogP contribution is -2.23. The molecule has 0 bridgehead atoms. The molecule has 0 radical (unpaired) electrons. The van der Waals surface area contributed by atoms with Crippen LogP contribution in [0.1, 0.15) is 32.0 Å². The first-order valence-electron chi connectivity index (χ1n) is 6.62. The predicted molar refractivity (Wildman–Crippen MR) is 79.1 cm³/mol. The smallest absolute Gasteiger partial charge is 0.287 e. The van der Waals surface area contributed by atoms with Crippen molar-refractivity contribution in [1.29, 1.82) is 0 Å². The minimum atomic E-state index is -0.244. The second-order valence-corrected chi connectivity index (χ2v) is 5.01. The van der Waals surface area contributed by atoms with Crippen LogP contribution < -0.4 is 5.32 Å². The quantitative estimate of drug-likeness (QED) is 0.937. The molecule has 1 aromatic carbocycles. The van der Waals surface area contributed by atoms with Gasteiger partial charge in [-0.15, -0.1) is 0 Å². The summed E-state index contributed by atoms with van der Waals surface area (Å²) >= 11 is 0. The van der Waals surface area contributed by atoms with Gasteiger partial charge in [0, 0.05) is 31.8 Å². The van der Waals surface area contributed by atoms with Crippen LogP contribution in [0.5, 0.6) is 0 Å². The zero-order valence-electron chi connectivity index (χ0n) is 12.3. The van der Waals surface area contributed by atoms with E-state index in [4.69, 9.17) is 4.42 Å². The first kappa shape index (κ1) is 14.8. The number of aryl methyl sites for hydroxylation is 1. The van der Waals surface area contributed by atoms with E-state index < -0.39 is 0 Å². The summed E-state index contributed by atoms with van der Waals surface area (Å²) in [7, 11) is 3.42. The van der Waals surface area contributed by atoms with Crippen molar-refractivity contribution < 1.29 is 14.0 Å². The lowest BCUT2D eigenvalue weighted by Gasteiger charge is -2.10. The number of amides is 2. The maximum atomic E-state index is 11.9. The summed E-state index contributed by atoms with van der Waals surface area (Å²) in [5.74, 6) is 0.0390. The Morgan fingerprint density at radius 3 is 2.33 bits per heavy atom. The molecule has 2 amide bonds. The van der Waals surface area contributed by atoms with Gasteiger partial charge in [-0.1, -0.05) is 12.1 Å². The average molecular weight is 286 g/mol. The fourth-order valence-corrected chi connectivity index (χ4v) is 1.89. The zero-order valence-corrected chi connectivity index (χ0v) is 12.3. The van der Waals surface area contributed by atoms with Gasteiger partial charge in [0.25, 0.3) is 11.8 Å². The van der Waals surface area contributed by atoms with E-state index in [-0.39, 0.29) is 11.8 Å². The first-order valence-corrected chi connectivity index (χ1v) is 6.62. The lowest BCUT2D eigenvalue weighted by molar-refractivity contribution is 0.0827. The van der Waals surface area contributed by atoms with E-state index in [1.54, 1.807) is 32.3 Å². The van der Waals surface area contributed by atoms with E-state index >= 15 is 0 Å². The summed E-state index contributed by atoms with van der Waals surface area (Å²) in [6, 6.07) is 8.90. The van der Waals surface area contributed by atoms with Crippen LogP contribution in [-0.4, -0.2) is 30.8 Å². The predicted octanol–water partition coefficient (Wildman–Crippen LogP) is 2.22. The van der Waals surface area contributed by atoms with Crippen LogP contribution in [0.4, 0.5) is 0 Å². The van der Waals surface area contributed by atoms with Crippen molar-refractivity contribution in [2.45, 2.75) is 13.5 Å². The van der Waals surface area contributed by atoms with Crippen molar-refractivity contribution in [2.75, 3.05) is 14.1 Å². The molecule has 0 spiro atoms. The van der Waals surface area contributed by atoms with E-state index in [0.29, 0.717) is 17.9 Å². The van der Waals surface area contributed by atoms with Crippen molar-refractivity contribution in [2.24, 2.45) is 0 Å². The Hall–Kier alpha value is -2.56. The maximum absolute atomic E-state index is 11.9. The molecule has 0 aliphatic rings. The monoisotopic (exact) mass is 286 g/mol. The highest BCUT2D eigenvalue weighted by Crippen LogP contribution is 2.10. The molecule has 0 saturated heterocycles. The molecule has 0 saturated carbocycles. The molecule has 0 aliphatic carbocycles. The number of hydrogen-bond donors (Lipinski definition) is 1. The van der Waals surface area contributed by atoms with E-state index in [1.165, 1.54) is 11.2 Å². The van der Waals surface area contributed by atoms with Gasteiger partial charge in [0.2, 0.25) is 0 Å². The molecule has 5 heteroatoms. The second-order valence-electron chi connectivity index (χ2n) is 5.01. The van der Waals surface area contributed by atoms with Gasteiger partial charge < -0.3 is 14.6 Å². The third-order valence-electron chi connectivity index (χ3n) is 3.13. The first-order chi connectivity index (χ1) is 9.99. The van der Waals surface area contributed by atoms with Crippen LogP contribution in [0.2, 0.25) is 0 Å². The van der Waals surface area contributed by atoms with Crippen LogP contribution in [0, 0.1) is 6.92 Å². The number of benzene rings is 1. The molecule has 21 heavy (non-hydrogen) atoms. The minimum absolute atomic E-state index is 0.0446. The number of furan rings is 1. The third kappa shape index (κ3) is 3.51. The van der Waals surface area contributed by atoms with Gasteiger partial charge in [-0.2, -0.15) is 0 Å². The highest BCUT2D eigenvalue weighted by Gasteiger charge is 2.12. The highest BCUT2D eigenvalue weighted by molar-refractivity contribution is 5.94. The Bertz CT molecular complexity index is 642. The van der Waals surface area contributed by atoms with Crippen molar-refractivity contribution in [3.63, 3.8) is 0 Å². The number of nitrogens with one attached hydrogen (secondary N) is 1. The molecule has 2 rings (SSSR count). The SMILES string of the molecule is Cc1ccoc1C(=O)NCc1ccc(C(=O)N(C)C)cc1. The van der Waals surface area contributed by atoms with E-state index in [2.05, 4.69) is 5.32 Å². The Morgan fingerprint density at radius 1 is 1.14 bits per heavy atom. The summed E-state index contributed by atoms with van der Waals surface area (Å²) in [6.45, 7) is 2.20. The van der Waals surface area contributed by atoms with Gasteiger partial charge in [-0.25, -0.2) is 0 Å². The molecule has 0 aliphatic heterocycles. The number of carbonyl (C=O) groups is 2. The van der Waals surface area contributed by atoms with Crippen molar-refractivity contribution in [1.82, 2.24) is 10.2 Å². The van der Waals surface area contributed by atoms with Gasteiger partial charge >= 0.3 is 0 Å². The summed E-state index contributed by atoms with van der Waals surface area (Å²) < 4.78 is 5.13. The molecule has 110 valence electrons. The molecule has 1 aromatic heterocycles. The fraction of sp³-hybridized carbons (Fsp3) is 0.250. The largest absolute Gasteiger partial charge is 0.459 e. The van der Waals surface area contributed by atoms with Crippen LogP contribution >= 0.6 is 0 Å². The molecular formula is C16H18N2O3. The number of carbonyl (C=O) groups excluding carboxylic acids is 2. The molecular weight excluding hydrogens is 268 g/mol. The summed E-state index contributed by atoms with van der Waals surface area (Å²) in [5, 5.41) is 2.79. The van der Waals surface area contributed by atoms with E-state index in [0.717, 1.165) is 11.1 Å². The average Bonchev–Trinajstić information content (AvgIpc) is 2.90. The number of rotatable bonds is 4. The standard InChI is InChI=1S/C16H18N2O3/c1-11-8-9-21-14(11)15(19)17-10-12-4-6-13(7-5-12)16(20)18(2)3/h4-9H,10H2,1-3H3,(H,17,19). The Kier molecular flexibility index (Phi) is 4.42. The Morgan fingerprint density at radius 2 is 1.81 bits per heavy atom. The topological polar surface area (TPSA) is 62.6 Å². The van der Waals surface area contributed by atoms with Crippen LogP contribution in [0.15, 0.2) is 41.0 Å². The van der Waals surface area contributed by atoms with Gasteiger partial charge in [-0.05, 0) is 30.7 Å². The lowest BCUT2D eigenvalue weighted by atomic mass is 10.1. The van der Waals surface area contributed by atoms with Crippen LogP contribution in [-0.2, 0) is 6.54 Å². The van der Waals surface area contributed by atoms with E-state index in [9.17, 15) is 9.59 Å². The van der Waals surface area contributed by atoms with Crippen molar-refractivity contribution in [3.05, 3.63) is 59.0 Å². The van der Waals surface area contributed by atoms with E-state index in [1.807, 2.05) is 19.1 Å². The third-order valence-corrected chi connectivity index (χ3v) is 3.13. The van der Waals surface area contributed by atoms with Crippen molar-refractivity contribution >= 4 is 11.8 Å². The molecule has 1 heterocycles. The summed E-state index contributed by atoms with van der Waals surface area (Å²) in [5.41, 5.74) is 2.35. The highest BCUT2D eigenvalue weighted by atomic mass is 16.3. The fourth-order valence-electron chi connectivity index (χ4n) is 1.89.